The molecule has 0 unspecified atom stereocenters. The quantitative estimate of drug-likeness (QED) is 0.251. The normalized spacial score (nSPS) is 22.3. The summed E-state index contributed by atoms with van der Waals surface area (Å²) in [6, 6.07) is 9.17. The zero-order valence-electron chi connectivity index (χ0n) is 16.7. The Kier molecular flexibility index (Phi) is 6.75. The molecule has 9 nitrogen and oxygen atoms in total. The SMILES string of the molecule is CC(=O)OCC1=C(C(=O)O)N2C(=O)[C@@](NC(=O)CSc3ccccc3)(C(C)=O)[C@H]2SC1. The van der Waals surface area contributed by atoms with E-state index in [1.54, 1.807) is 0 Å². The molecule has 2 atom stereocenters. The van der Waals surface area contributed by atoms with Crippen LogP contribution in [0.2, 0.25) is 0 Å². The zero-order valence-corrected chi connectivity index (χ0v) is 18.4. The van der Waals surface area contributed by atoms with Gasteiger partial charge in [-0.25, -0.2) is 4.79 Å². The minimum atomic E-state index is -1.83. The van der Waals surface area contributed by atoms with E-state index in [1.807, 2.05) is 30.3 Å². The van der Waals surface area contributed by atoms with Gasteiger partial charge >= 0.3 is 11.9 Å². The Labute approximate surface area is 186 Å². The van der Waals surface area contributed by atoms with Crippen LogP contribution in [-0.4, -0.2) is 68.6 Å². The van der Waals surface area contributed by atoms with Gasteiger partial charge in [0.1, 0.15) is 17.7 Å². The Bertz CT molecular complexity index is 979. The second kappa shape index (κ2) is 9.15. The van der Waals surface area contributed by atoms with Crippen molar-refractivity contribution in [3.8, 4) is 0 Å². The Morgan fingerprint density at radius 3 is 2.52 bits per heavy atom. The molecule has 0 spiro atoms. The third kappa shape index (κ3) is 4.33. The number of β-lactam (4-membered cyclic amide) rings is 1. The number of carboxylic acids is 1. The van der Waals surface area contributed by atoms with Gasteiger partial charge in [-0.3, -0.25) is 24.1 Å². The van der Waals surface area contributed by atoms with Crippen molar-refractivity contribution in [3.63, 3.8) is 0 Å². The van der Waals surface area contributed by atoms with Crippen molar-refractivity contribution in [3.05, 3.63) is 41.6 Å². The number of benzene rings is 1. The number of nitrogens with zero attached hydrogens (tertiary/aromatic N) is 1. The van der Waals surface area contributed by atoms with Crippen LogP contribution in [0.3, 0.4) is 0 Å². The fraction of sp³-hybridized carbons (Fsp3) is 0.350. The number of aliphatic carboxylic acids is 1. The number of Topliss-reactive ketones (excluding diaryl/α,β-unsaturated/α-hetero) is 1. The number of fused-ring (bicyclic) bond motifs is 1. The van der Waals surface area contributed by atoms with Gasteiger partial charge in [-0.05, 0) is 19.1 Å². The summed E-state index contributed by atoms with van der Waals surface area (Å²) >= 11 is 2.39. The van der Waals surface area contributed by atoms with Gasteiger partial charge < -0.3 is 15.2 Å². The van der Waals surface area contributed by atoms with Crippen LogP contribution >= 0.6 is 23.5 Å². The van der Waals surface area contributed by atoms with Crippen LogP contribution in [0.4, 0.5) is 0 Å². The van der Waals surface area contributed by atoms with E-state index < -0.39 is 40.4 Å². The number of carbonyl (C=O) groups is 5. The Balaban J connectivity index is 1.80. The van der Waals surface area contributed by atoms with Crippen molar-refractivity contribution in [1.29, 1.82) is 0 Å². The van der Waals surface area contributed by atoms with E-state index in [1.165, 1.54) is 25.6 Å². The van der Waals surface area contributed by atoms with Crippen LogP contribution in [0.15, 0.2) is 46.5 Å². The first-order valence-electron chi connectivity index (χ1n) is 9.22. The molecule has 1 fully saturated rings. The number of amides is 2. The standard InChI is InChI=1S/C20H20N2O7S2/c1-11(23)20(21-15(25)10-30-14-6-4-3-5-7-14)18(28)22-16(17(26)27)13(8-29-12(2)24)9-31-19(20)22/h3-7,19H,8-10H2,1-2H3,(H,21,25)(H,26,27)/t19-,20+/m1/s1. The lowest BCUT2D eigenvalue weighted by Crippen LogP contribution is -2.82. The van der Waals surface area contributed by atoms with E-state index in [0.29, 0.717) is 0 Å². The van der Waals surface area contributed by atoms with Crippen molar-refractivity contribution >= 4 is 53.1 Å². The van der Waals surface area contributed by atoms with Crippen LogP contribution in [-0.2, 0) is 28.7 Å². The van der Waals surface area contributed by atoms with Crippen LogP contribution < -0.4 is 5.32 Å². The van der Waals surface area contributed by atoms with Crippen molar-refractivity contribution in [2.24, 2.45) is 0 Å². The first-order valence-corrected chi connectivity index (χ1v) is 11.3. The fourth-order valence-corrected chi connectivity index (χ4v) is 5.59. The first-order chi connectivity index (χ1) is 14.7. The van der Waals surface area contributed by atoms with Crippen molar-refractivity contribution < 1.29 is 33.8 Å². The highest BCUT2D eigenvalue weighted by atomic mass is 32.2. The minimum absolute atomic E-state index is 0.0109. The molecule has 2 heterocycles. The van der Waals surface area contributed by atoms with Gasteiger partial charge in [-0.1, -0.05) is 18.2 Å². The van der Waals surface area contributed by atoms with Gasteiger partial charge in [-0.15, -0.1) is 23.5 Å². The minimum Gasteiger partial charge on any atom is -0.477 e. The number of rotatable bonds is 8. The highest BCUT2D eigenvalue weighted by molar-refractivity contribution is 8.00. The molecule has 2 N–H and O–H groups in total. The summed E-state index contributed by atoms with van der Waals surface area (Å²) in [6.45, 7) is 2.12. The number of ether oxygens (including phenoxy) is 1. The number of nitrogens with one attached hydrogen (secondary N) is 1. The Morgan fingerprint density at radius 1 is 1.26 bits per heavy atom. The number of thioether (sulfide) groups is 2. The van der Waals surface area contributed by atoms with E-state index in [4.69, 9.17) is 4.74 Å². The molecule has 0 saturated carbocycles. The molecular formula is C20H20N2O7S2. The third-order valence-electron chi connectivity index (χ3n) is 4.81. The van der Waals surface area contributed by atoms with E-state index in [2.05, 4.69) is 5.32 Å². The molecular weight excluding hydrogens is 444 g/mol. The monoisotopic (exact) mass is 464 g/mol. The maximum atomic E-state index is 13.0. The van der Waals surface area contributed by atoms with Crippen LogP contribution in [0.1, 0.15) is 13.8 Å². The molecule has 1 aromatic carbocycles. The molecule has 2 aliphatic rings. The van der Waals surface area contributed by atoms with Crippen LogP contribution in [0, 0.1) is 0 Å². The molecule has 2 amide bonds. The summed E-state index contributed by atoms with van der Waals surface area (Å²) in [5, 5.41) is 11.3. The summed E-state index contributed by atoms with van der Waals surface area (Å²) < 4.78 is 4.89. The number of carbonyl (C=O) groups excluding carboxylic acids is 4. The molecule has 3 rings (SSSR count). The second-order valence-electron chi connectivity index (χ2n) is 6.89. The fourth-order valence-electron chi connectivity index (χ4n) is 3.37. The smallest absolute Gasteiger partial charge is 0.352 e. The summed E-state index contributed by atoms with van der Waals surface area (Å²) in [5.41, 5.74) is -1.90. The highest BCUT2D eigenvalue weighted by Crippen LogP contribution is 2.46. The average Bonchev–Trinajstić information content (AvgIpc) is 2.73. The highest BCUT2D eigenvalue weighted by Gasteiger charge is 2.68. The van der Waals surface area contributed by atoms with Gasteiger partial charge in [0.15, 0.2) is 5.78 Å². The summed E-state index contributed by atoms with van der Waals surface area (Å²) in [7, 11) is 0. The summed E-state index contributed by atoms with van der Waals surface area (Å²) in [6.07, 6.45) is 0. The molecule has 31 heavy (non-hydrogen) atoms. The number of ketones is 1. The van der Waals surface area contributed by atoms with E-state index >= 15 is 0 Å². The van der Waals surface area contributed by atoms with E-state index in [-0.39, 0.29) is 29.4 Å². The van der Waals surface area contributed by atoms with Gasteiger partial charge in [-0.2, -0.15) is 0 Å². The van der Waals surface area contributed by atoms with Crippen molar-refractivity contribution in [2.45, 2.75) is 29.7 Å². The lowest BCUT2D eigenvalue weighted by molar-refractivity contribution is -0.163. The number of esters is 1. The van der Waals surface area contributed by atoms with Crippen molar-refractivity contribution in [2.75, 3.05) is 18.1 Å². The maximum Gasteiger partial charge on any atom is 0.352 e. The lowest BCUT2D eigenvalue weighted by atomic mass is 9.82. The predicted molar refractivity (Wildman–Crippen MR) is 113 cm³/mol. The molecule has 164 valence electrons. The first kappa shape index (κ1) is 22.9. The zero-order chi connectivity index (χ0) is 22.8. The lowest BCUT2D eigenvalue weighted by Gasteiger charge is -2.55. The Hall–Kier alpha value is -2.79. The molecule has 2 aliphatic heterocycles. The molecule has 1 saturated heterocycles. The van der Waals surface area contributed by atoms with Crippen molar-refractivity contribution in [1.82, 2.24) is 10.2 Å². The number of hydrogen-bond acceptors (Lipinski definition) is 8. The topological polar surface area (TPSA) is 130 Å². The summed E-state index contributed by atoms with van der Waals surface area (Å²) in [4.78, 5) is 62.8. The molecule has 1 aromatic rings. The molecule has 0 bridgehead atoms. The predicted octanol–water partition coefficient (Wildman–Crippen LogP) is 1.04. The van der Waals surface area contributed by atoms with E-state index in [9.17, 15) is 29.1 Å². The molecule has 0 aromatic heterocycles. The number of hydrogen-bond donors (Lipinski definition) is 2. The van der Waals surface area contributed by atoms with Crippen LogP contribution in [0.25, 0.3) is 0 Å². The van der Waals surface area contributed by atoms with Gasteiger partial charge in [0, 0.05) is 23.1 Å². The van der Waals surface area contributed by atoms with Gasteiger partial charge in [0.2, 0.25) is 11.4 Å². The largest absolute Gasteiger partial charge is 0.477 e. The second-order valence-corrected chi connectivity index (χ2v) is 9.01. The molecule has 11 heteroatoms. The van der Waals surface area contributed by atoms with Crippen LogP contribution in [0.5, 0.6) is 0 Å². The average molecular weight is 465 g/mol. The van der Waals surface area contributed by atoms with E-state index in [0.717, 1.165) is 21.6 Å². The summed E-state index contributed by atoms with van der Waals surface area (Å²) in [5.74, 6) is -3.73. The molecule has 0 radical (unpaired) electrons. The maximum absolute atomic E-state index is 13.0. The van der Waals surface area contributed by atoms with Gasteiger partial charge in [0.25, 0.3) is 5.91 Å². The Morgan fingerprint density at radius 2 is 1.94 bits per heavy atom. The number of carboxylic acid groups (broad SMARTS) is 1. The molecule has 0 aliphatic carbocycles. The third-order valence-corrected chi connectivity index (χ3v) is 7.22. The van der Waals surface area contributed by atoms with Gasteiger partial charge in [0.05, 0.1) is 5.75 Å².